The van der Waals surface area contributed by atoms with Crippen LogP contribution in [0.2, 0.25) is 0 Å². The molecule has 0 heterocycles. The van der Waals surface area contributed by atoms with E-state index in [0.29, 0.717) is 0 Å². The topological polar surface area (TPSA) is 83.7 Å². The van der Waals surface area contributed by atoms with Crippen molar-refractivity contribution in [3.8, 4) is 0 Å². The number of para-hydroxylation sites is 1. The molecule has 0 spiro atoms. The molecule has 0 radical (unpaired) electrons. The molecule has 21 heavy (non-hydrogen) atoms. The number of rotatable bonds is 4. The van der Waals surface area contributed by atoms with E-state index >= 15 is 0 Å². The van der Waals surface area contributed by atoms with Gasteiger partial charge in [-0.15, -0.1) is 0 Å². The number of nitro benzene ring substituents is 1. The van der Waals surface area contributed by atoms with Gasteiger partial charge in [0.05, 0.1) is 16.2 Å². The Labute approximate surface area is 119 Å². The van der Waals surface area contributed by atoms with Gasteiger partial charge in [-0.2, -0.15) is 0 Å². The van der Waals surface area contributed by atoms with Gasteiger partial charge in [-0.3, -0.25) is 10.1 Å². The summed E-state index contributed by atoms with van der Waals surface area (Å²) < 4.78 is 13.8. The first kappa shape index (κ1) is 14.4. The largest absolute Gasteiger partial charge is 0.478 e. The average molecular weight is 290 g/mol. The first-order valence-corrected chi connectivity index (χ1v) is 5.92. The SMILES string of the molecule is CN(c1ccccc1F)c1cc(C(=O)O)ccc1[N+](=O)[O-]. The monoisotopic (exact) mass is 290 g/mol. The molecule has 108 valence electrons. The second kappa shape index (κ2) is 5.58. The quantitative estimate of drug-likeness (QED) is 0.690. The van der Waals surface area contributed by atoms with Gasteiger partial charge in [0.1, 0.15) is 11.5 Å². The number of aromatic carboxylic acids is 1. The van der Waals surface area contributed by atoms with Crippen LogP contribution >= 0.6 is 0 Å². The molecule has 1 N–H and O–H groups in total. The summed E-state index contributed by atoms with van der Waals surface area (Å²) in [5.74, 6) is -1.77. The second-order valence-electron chi connectivity index (χ2n) is 4.28. The minimum atomic E-state index is -1.21. The van der Waals surface area contributed by atoms with Crippen LogP contribution in [-0.4, -0.2) is 23.0 Å². The molecule has 0 amide bonds. The molecule has 0 aliphatic rings. The van der Waals surface area contributed by atoms with Crippen LogP contribution in [0.3, 0.4) is 0 Å². The zero-order valence-electron chi connectivity index (χ0n) is 11.0. The molecule has 0 aliphatic heterocycles. The summed E-state index contributed by atoms with van der Waals surface area (Å²) in [5.41, 5.74) is -0.294. The van der Waals surface area contributed by atoms with Gasteiger partial charge in [0, 0.05) is 13.1 Å². The first-order chi connectivity index (χ1) is 9.91. The zero-order valence-corrected chi connectivity index (χ0v) is 11.0. The minimum absolute atomic E-state index is 0.00463. The van der Waals surface area contributed by atoms with E-state index in [9.17, 15) is 19.3 Å². The normalized spacial score (nSPS) is 10.2. The maximum Gasteiger partial charge on any atom is 0.335 e. The van der Waals surface area contributed by atoms with Crippen molar-refractivity contribution >= 4 is 23.0 Å². The summed E-state index contributed by atoms with van der Waals surface area (Å²) in [6, 6.07) is 9.13. The molecule has 0 aromatic heterocycles. The summed E-state index contributed by atoms with van der Waals surface area (Å²) in [7, 11) is 1.44. The van der Waals surface area contributed by atoms with Crippen LogP contribution < -0.4 is 4.90 Å². The van der Waals surface area contributed by atoms with Crippen LogP contribution in [0.25, 0.3) is 0 Å². The van der Waals surface area contributed by atoms with Crippen LogP contribution in [0.5, 0.6) is 0 Å². The van der Waals surface area contributed by atoms with Crippen molar-refractivity contribution in [1.29, 1.82) is 0 Å². The van der Waals surface area contributed by atoms with Crippen molar-refractivity contribution in [2.24, 2.45) is 0 Å². The Kier molecular flexibility index (Phi) is 3.84. The van der Waals surface area contributed by atoms with Crippen molar-refractivity contribution < 1.29 is 19.2 Å². The van der Waals surface area contributed by atoms with Crippen LogP contribution in [-0.2, 0) is 0 Å². The molecule has 0 bridgehead atoms. The number of benzene rings is 2. The predicted molar refractivity (Wildman–Crippen MR) is 74.5 cm³/mol. The number of hydrogen-bond donors (Lipinski definition) is 1. The van der Waals surface area contributed by atoms with Crippen molar-refractivity contribution in [1.82, 2.24) is 0 Å². The van der Waals surface area contributed by atoms with Crippen molar-refractivity contribution in [3.05, 3.63) is 64.0 Å². The van der Waals surface area contributed by atoms with Gasteiger partial charge in [0.15, 0.2) is 0 Å². The van der Waals surface area contributed by atoms with E-state index in [0.717, 1.165) is 18.2 Å². The number of halogens is 1. The molecule has 6 nitrogen and oxygen atoms in total. The van der Waals surface area contributed by atoms with Gasteiger partial charge >= 0.3 is 5.97 Å². The number of carboxylic acid groups (broad SMARTS) is 1. The third-order valence-corrected chi connectivity index (χ3v) is 2.99. The maximum absolute atomic E-state index is 13.8. The Bertz CT molecular complexity index is 718. The van der Waals surface area contributed by atoms with Gasteiger partial charge < -0.3 is 10.0 Å². The van der Waals surface area contributed by atoms with Crippen LogP contribution in [0.15, 0.2) is 42.5 Å². The Hall–Kier alpha value is -2.96. The highest BCUT2D eigenvalue weighted by atomic mass is 19.1. The van der Waals surface area contributed by atoms with Gasteiger partial charge in [-0.25, -0.2) is 9.18 Å². The number of anilines is 2. The van der Waals surface area contributed by atoms with E-state index in [4.69, 9.17) is 5.11 Å². The highest BCUT2D eigenvalue weighted by Gasteiger charge is 2.21. The summed E-state index contributed by atoms with van der Waals surface area (Å²) in [5, 5.41) is 20.0. The fourth-order valence-corrected chi connectivity index (χ4v) is 1.93. The van der Waals surface area contributed by atoms with Crippen LogP contribution in [0.1, 0.15) is 10.4 Å². The predicted octanol–water partition coefficient (Wildman–Crippen LogP) is 3.20. The van der Waals surface area contributed by atoms with E-state index in [2.05, 4.69) is 0 Å². The van der Waals surface area contributed by atoms with E-state index in [1.165, 1.54) is 30.1 Å². The molecule has 2 aromatic carbocycles. The van der Waals surface area contributed by atoms with Gasteiger partial charge in [0.2, 0.25) is 0 Å². The Morgan fingerprint density at radius 3 is 2.48 bits per heavy atom. The van der Waals surface area contributed by atoms with E-state index in [-0.39, 0.29) is 22.6 Å². The first-order valence-electron chi connectivity index (χ1n) is 5.92. The average Bonchev–Trinajstić information content (AvgIpc) is 2.46. The zero-order chi connectivity index (χ0) is 15.6. The molecule has 0 saturated heterocycles. The van der Waals surface area contributed by atoms with E-state index in [1.54, 1.807) is 6.07 Å². The molecular formula is C14H11FN2O4. The maximum atomic E-state index is 13.8. The van der Waals surface area contributed by atoms with E-state index in [1.807, 2.05) is 0 Å². The van der Waals surface area contributed by atoms with E-state index < -0.39 is 16.7 Å². The van der Waals surface area contributed by atoms with Crippen molar-refractivity contribution in [2.45, 2.75) is 0 Å². The summed E-state index contributed by atoms with van der Waals surface area (Å²) in [6.07, 6.45) is 0. The third-order valence-electron chi connectivity index (χ3n) is 2.99. The summed E-state index contributed by atoms with van der Waals surface area (Å²) in [6.45, 7) is 0. The van der Waals surface area contributed by atoms with Crippen molar-refractivity contribution in [2.75, 3.05) is 11.9 Å². The Morgan fingerprint density at radius 2 is 1.90 bits per heavy atom. The fourth-order valence-electron chi connectivity index (χ4n) is 1.93. The number of carboxylic acids is 1. The lowest BCUT2D eigenvalue weighted by molar-refractivity contribution is -0.384. The molecule has 2 aromatic rings. The molecule has 7 heteroatoms. The molecule has 0 unspecified atom stereocenters. The molecule has 2 rings (SSSR count). The number of nitro groups is 1. The highest BCUT2D eigenvalue weighted by Crippen LogP contribution is 2.34. The number of carbonyl (C=O) groups is 1. The van der Waals surface area contributed by atoms with Crippen LogP contribution in [0.4, 0.5) is 21.5 Å². The number of nitrogens with zero attached hydrogens (tertiary/aromatic N) is 2. The van der Waals surface area contributed by atoms with Gasteiger partial charge in [0.25, 0.3) is 5.69 Å². The minimum Gasteiger partial charge on any atom is -0.478 e. The lowest BCUT2D eigenvalue weighted by Crippen LogP contribution is -2.14. The standard InChI is InChI=1S/C14H11FN2O4/c1-16(11-5-3-2-4-10(11)15)13-8-9(14(18)19)6-7-12(13)17(20)21/h2-8H,1H3,(H,18,19). The highest BCUT2D eigenvalue weighted by molar-refractivity contribution is 5.90. The van der Waals surface area contributed by atoms with Gasteiger partial charge in [-0.05, 0) is 24.3 Å². The molecule has 0 aliphatic carbocycles. The van der Waals surface area contributed by atoms with Gasteiger partial charge in [-0.1, -0.05) is 12.1 Å². The molecule has 0 fully saturated rings. The summed E-state index contributed by atoms with van der Waals surface area (Å²) in [4.78, 5) is 22.7. The smallest absolute Gasteiger partial charge is 0.335 e. The summed E-state index contributed by atoms with van der Waals surface area (Å²) >= 11 is 0. The number of hydrogen-bond acceptors (Lipinski definition) is 4. The second-order valence-corrected chi connectivity index (χ2v) is 4.28. The Balaban J connectivity index is 2.60. The van der Waals surface area contributed by atoms with Crippen LogP contribution in [0, 0.1) is 15.9 Å². The molecule has 0 saturated carbocycles. The fraction of sp³-hybridized carbons (Fsp3) is 0.0714. The third kappa shape index (κ3) is 2.81. The lowest BCUT2D eigenvalue weighted by Gasteiger charge is -2.20. The molecular weight excluding hydrogens is 279 g/mol. The van der Waals surface area contributed by atoms with Crippen molar-refractivity contribution in [3.63, 3.8) is 0 Å². The lowest BCUT2D eigenvalue weighted by atomic mass is 10.1. The molecule has 0 atom stereocenters. The Morgan fingerprint density at radius 1 is 1.24 bits per heavy atom.